The van der Waals surface area contributed by atoms with Gasteiger partial charge in [-0.3, -0.25) is 0 Å². The van der Waals surface area contributed by atoms with Crippen LogP contribution in [0.15, 0.2) is 67.3 Å². The van der Waals surface area contributed by atoms with Crippen LogP contribution in [0.1, 0.15) is 5.56 Å². The van der Waals surface area contributed by atoms with Gasteiger partial charge in [0.2, 0.25) is 0 Å². The Hall–Kier alpha value is -2.55. The van der Waals surface area contributed by atoms with Crippen molar-refractivity contribution in [3.8, 4) is 11.5 Å². The average Bonchev–Trinajstić information content (AvgIpc) is 2.50. The Morgan fingerprint density at radius 1 is 1.05 bits per heavy atom. The molecule has 3 heteroatoms. The van der Waals surface area contributed by atoms with Gasteiger partial charge in [0.05, 0.1) is 6.61 Å². The molecule has 0 unspecified atom stereocenters. The first-order valence-electron chi connectivity index (χ1n) is 6.39. The maximum atomic E-state index is 11.0. The van der Waals surface area contributed by atoms with Crippen LogP contribution in [0.25, 0.3) is 0 Å². The summed E-state index contributed by atoms with van der Waals surface area (Å²) in [5, 5.41) is 0. The van der Waals surface area contributed by atoms with Gasteiger partial charge < -0.3 is 9.47 Å². The zero-order valence-corrected chi connectivity index (χ0v) is 11.1. The maximum Gasteiger partial charge on any atom is 0.330 e. The van der Waals surface area contributed by atoms with Crippen molar-refractivity contribution in [2.24, 2.45) is 0 Å². The lowest BCUT2D eigenvalue weighted by Crippen LogP contribution is -2.05. The predicted molar refractivity (Wildman–Crippen MR) is 77.8 cm³/mol. The van der Waals surface area contributed by atoms with Gasteiger partial charge in [0, 0.05) is 12.5 Å². The molecule has 0 aliphatic heterocycles. The summed E-state index contributed by atoms with van der Waals surface area (Å²) in [4.78, 5) is 11.0. The lowest BCUT2D eigenvalue weighted by Gasteiger charge is -2.11. The minimum atomic E-state index is -0.411. The summed E-state index contributed by atoms with van der Waals surface area (Å²) >= 11 is 0. The molecule has 0 aliphatic carbocycles. The van der Waals surface area contributed by atoms with Crippen molar-refractivity contribution in [3.63, 3.8) is 0 Å². The van der Waals surface area contributed by atoms with Gasteiger partial charge in [-0.2, -0.15) is 0 Å². The highest BCUT2D eigenvalue weighted by atomic mass is 16.5. The number of esters is 1. The third-order valence-corrected chi connectivity index (χ3v) is 2.73. The summed E-state index contributed by atoms with van der Waals surface area (Å²) in [6.45, 7) is 3.67. The van der Waals surface area contributed by atoms with Gasteiger partial charge in [0.15, 0.2) is 0 Å². The molecule has 0 bridgehead atoms. The van der Waals surface area contributed by atoms with Gasteiger partial charge in [-0.15, -0.1) is 0 Å². The monoisotopic (exact) mass is 268 g/mol. The van der Waals surface area contributed by atoms with E-state index in [1.54, 1.807) is 0 Å². The molecule has 0 saturated carbocycles. The van der Waals surface area contributed by atoms with Crippen molar-refractivity contribution in [2.75, 3.05) is 6.61 Å². The van der Waals surface area contributed by atoms with E-state index in [1.165, 1.54) is 0 Å². The highest BCUT2D eigenvalue weighted by molar-refractivity contribution is 5.81. The molecule has 0 atom stereocenters. The van der Waals surface area contributed by atoms with E-state index in [9.17, 15) is 4.79 Å². The van der Waals surface area contributed by atoms with Crippen LogP contribution < -0.4 is 4.74 Å². The predicted octanol–water partition coefficient (Wildman–Crippen LogP) is 3.75. The minimum Gasteiger partial charge on any atom is -0.462 e. The highest BCUT2D eigenvalue weighted by Crippen LogP contribution is 2.25. The molecule has 102 valence electrons. The lowest BCUT2D eigenvalue weighted by molar-refractivity contribution is -0.137. The van der Waals surface area contributed by atoms with Gasteiger partial charge in [-0.05, 0) is 23.8 Å². The lowest BCUT2D eigenvalue weighted by atomic mass is 10.1. The molecule has 0 N–H and O–H groups in total. The van der Waals surface area contributed by atoms with Crippen molar-refractivity contribution >= 4 is 5.97 Å². The summed E-state index contributed by atoms with van der Waals surface area (Å²) in [7, 11) is 0. The SMILES string of the molecule is C=CC(=O)OCCc1ccccc1Oc1ccccc1. The topological polar surface area (TPSA) is 35.5 Å². The smallest absolute Gasteiger partial charge is 0.330 e. The summed E-state index contributed by atoms with van der Waals surface area (Å²) in [5.74, 6) is 1.14. The molecule has 0 saturated heterocycles. The Morgan fingerprint density at radius 2 is 1.75 bits per heavy atom. The van der Waals surface area contributed by atoms with Gasteiger partial charge >= 0.3 is 5.97 Å². The number of rotatable bonds is 6. The average molecular weight is 268 g/mol. The molecule has 0 aromatic heterocycles. The summed E-state index contributed by atoms with van der Waals surface area (Å²) in [5.41, 5.74) is 0.994. The van der Waals surface area contributed by atoms with Gasteiger partial charge in [-0.25, -0.2) is 4.79 Å². The normalized spacial score (nSPS) is 9.80. The fraction of sp³-hybridized carbons (Fsp3) is 0.118. The first kappa shape index (κ1) is 13.9. The fourth-order valence-corrected chi connectivity index (χ4v) is 1.75. The fourth-order valence-electron chi connectivity index (χ4n) is 1.75. The van der Waals surface area contributed by atoms with Crippen LogP contribution in [0.4, 0.5) is 0 Å². The van der Waals surface area contributed by atoms with Crippen LogP contribution in [0.5, 0.6) is 11.5 Å². The second-order valence-electron chi connectivity index (χ2n) is 4.14. The molecule has 2 aromatic carbocycles. The number of benzene rings is 2. The largest absolute Gasteiger partial charge is 0.462 e. The highest BCUT2D eigenvalue weighted by Gasteiger charge is 2.05. The van der Waals surface area contributed by atoms with Crippen molar-refractivity contribution in [1.82, 2.24) is 0 Å². The van der Waals surface area contributed by atoms with E-state index in [0.717, 1.165) is 23.1 Å². The summed E-state index contributed by atoms with van der Waals surface area (Å²) < 4.78 is 10.8. The van der Waals surface area contributed by atoms with E-state index in [4.69, 9.17) is 9.47 Å². The standard InChI is InChI=1S/C17H16O3/c1-2-17(18)19-13-12-14-8-6-7-11-16(14)20-15-9-4-3-5-10-15/h2-11H,1,12-13H2. The zero-order chi connectivity index (χ0) is 14.2. The number of carbonyl (C=O) groups excluding carboxylic acids is 1. The van der Waals surface area contributed by atoms with E-state index in [-0.39, 0.29) is 0 Å². The Kier molecular flexibility index (Phi) is 4.95. The van der Waals surface area contributed by atoms with Crippen molar-refractivity contribution in [2.45, 2.75) is 6.42 Å². The molecule has 20 heavy (non-hydrogen) atoms. The maximum absolute atomic E-state index is 11.0. The third kappa shape index (κ3) is 3.99. The Balaban J connectivity index is 2.02. The van der Waals surface area contributed by atoms with Gasteiger partial charge in [0.1, 0.15) is 11.5 Å². The summed E-state index contributed by atoms with van der Waals surface area (Å²) in [6.07, 6.45) is 1.76. The molecule has 0 aliphatic rings. The summed E-state index contributed by atoms with van der Waals surface area (Å²) in [6, 6.07) is 17.3. The van der Waals surface area contributed by atoms with Gasteiger partial charge in [-0.1, -0.05) is 43.0 Å². The quantitative estimate of drug-likeness (QED) is 0.591. The Morgan fingerprint density at radius 3 is 2.50 bits per heavy atom. The molecule has 3 nitrogen and oxygen atoms in total. The van der Waals surface area contributed by atoms with Crippen LogP contribution in [0, 0.1) is 0 Å². The number of carbonyl (C=O) groups is 1. The number of hydrogen-bond acceptors (Lipinski definition) is 3. The van der Waals surface area contributed by atoms with Crippen molar-refractivity contribution in [1.29, 1.82) is 0 Å². The molecule has 0 spiro atoms. The second kappa shape index (κ2) is 7.14. The Bertz CT molecular complexity index is 576. The van der Waals surface area contributed by atoms with E-state index in [2.05, 4.69) is 6.58 Å². The van der Waals surface area contributed by atoms with E-state index in [1.807, 2.05) is 54.6 Å². The van der Waals surface area contributed by atoms with Crippen LogP contribution in [-0.2, 0) is 16.0 Å². The van der Waals surface area contributed by atoms with Crippen LogP contribution >= 0.6 is 0 Å². The number of ether oxygens (including phenoxy) is 2. The number of para-hydroxylation sites is 2. The first-order chi connectivity index (χ1) is 9.79. The Labute approximate surface area is 118 Å². The molecule has 0 fully saturated rings. The molecular weight excluding hydrogens is 252 g/mol. The second-order valence-corrected chi connectivity index (χ2v) is 4.14. The molecule has 0 amide bonds. The van der Waals surface area contributed by atoms with Crippen LogP contribution in [0.3, 0.4) is 0 Å². The van der Waals surface area contributed by atoms with E-state index in [0.29, 0.717) is 13.0 Å². The number of hydrogen-bond donors (Lipinski definition) is 0. The van der Waals surface area contributed by atoms with Crippen molar-refractivity contribution in [3.05, 3.63) is 72.8 Å². The minimum absolute atomic E-state index is 0.306. The van der Waals surface area contributed by atoms with E-state index >= 15 is 0 Å². The third-order valence-electron chi connectivity index (χ3n) is 2.73. The van der Waals surface area contributed by atoms with Crippen LogP contribution in [0.2, 0.25) is 0 Å². The molecule has 0 heterocycles. The molecule has 0 radical (unpaired) electrons. The first-order valence-corrected chi connectivity index (χ1v) is 6.39. The molecular formula is C17H16O3. The molecule has 2 rings (SSSR count). The zero-order valence-electron chi connectivity index (χ0n) is 11.1. The van der Waals surface area contributed by atoms with Crippen LogP contribution in [-0.4, -0.2) is 12.6 Å². The van der Waals surface area contributed by atoms with Gasteiger partial charge in [0.25, 0.3) is 0 Å². The van der Waals surface area contributed by atoms with E-state index < -0.39 is 5.97 Å². The van der Waals surface area contributed by atoms with Crippen molar-refractivity contribution < 1.29 is 14.3 Å². The molecule has 2 aromatic rings.